The fourth-order valence-corrected chi connectivity index (χ4v) is 1.64. The van der Waals surface area contributed by atoms with E-state index in [-0.39, 0.29) is 18.4 Å². The minimum absolute atomic E-state index is 0.0314. The van der Waals surface area contributed by atoms with Crippen LogP contribution in [0.5, 0.6) is 0 Å². The number of aliphatic carboxylic acids is 1. The van der Waals surface area contributed by atoms with Crippen LogP contribution in [-0.4, -0.2) is 36.7 Å². The lowest BCUT2D eigenvalue weighted by molar-refractivity contribution is -0.138. The molecule has 0 bridgehead atoms. The maximum atomic E-state index is 11.3. The van der Waals surface area contributed by atoms with Gasteiger partial charge in [0.05, 0.1) is 0 Å². The smallest absolute Gasteiger partial charge is 0.314 e. The number of carboxylic acids is 1. The van der Waals surface area contributed by atoms with Gasteiger partial charge in [0.1, 0.15) is 0 Å². The van der Waals surface area contributed by atoms with Crippen LogP contribution in [0.25, 0.3) is 0 Å². The molecule has 1 atom stereocenters. The number of nitrogens with two attached hydrogens (primary N) is 1. The van der Waals surface area contributed by atoms with Gasteiger partial charge in [-0.3, -0.25) is 4.79 Å². The maximum absolute atomic E-state index is 11.3. The zero-order valence-electron chi connectivity index (χ0n) is 10.5. The van der Waals surface area contributed by atoms with Crippen molar-refractivity contribution in [2.24, 2.45) is 17.6 Å². The third-order valence-corrected chi connectivity index (χ3v) is 2.25. The molecule has 0 aromatic heterocycles. The van der Waals surface area contributed by atoms with E-state index in [0.717, 1.165) is 6.42 Å². The van der Waals surface area contributed by atoms with Gasteiger partial charge in [0, 0.05) is 26.1 Å². The van der Waals surface area contributed by atoms with Crippen LogP contribution in [-0.2, 0) is 4.79 Å². The van der Waals surface area contributed by atoms with Crippen LogP contribution in [0.4, 0.5) is 4.79 Å². The Morgan fingerprint density at radius 2 is 1.94 bits per heavy atom. The Morgan fingerprint density at radius 3 is 2.41 bits per heavy atom. The van der Waals surface area contributed by atoms with E-state index in [0.29, 0.717) is 25.6 Å². The summed E-state index contributed by atoms with van der Waals surface area (Å²) in [5.74, 6) is -0.454. The zero-order valence-corrected chi connectivity index (χ0v) is 10.5. The summed E-state index contributed by atoms with van der Waals surface area (Å²) in [5, 5.41) is 14.0. The average molecular weight is 245 g/mol. The average Bonchev–Trinajstić information content (AvgIpc) is 2.21. The SMILES string of the molecule is CC(C)CC(CNC(=O)NCCN)CC(=O)O. The number of hydrogen-bond donors (Lipinski definition) is 4. The van der Waals surface area contributed by atoms with Gasteiger partial charge in [0.25, 0.3) is 0 Å². The standard InChI is InChI=1S/C11H23N3O3/c1-8(2)5-9(6-10(15)16)7-14-11(17)13-4-3-12/h8-9H,3-7,12H2,1-2H3,(H,15,16)(H2,13,14,17). The van der Waals surface area contributed by atoms with Gasteiger partial charge in [0.2, 0.25) is 0 Å². The Hall–Kier alpha value is -1.30. The van der Waals surface area contributed by atoms with Gasteiger partial charge in [0.15, 0.2) is 0 Å². The Bertz CT molecular complexity index is 244. The summed E-state index contributed by atoms with van der Waals surface area (Å²) >= 11 is 0. The molecule has 0 spiro atoms. The molecule has 0 saturated carbocycles. The van der Waals surface area contributed by atoms with Crippen molar-refractivity contribution in [3.05, 3.63) is 0 Å². The van der Waals surface area contributed by atoms with E-state index < -0.39 is 5.97 Å². The number of carbonyl (C=O) groups excluding carboxylic acids is 1. The summed E-state index contributed by atoms with van der Waals surface area (Å²) in [5.41, 5.74) is 5.24. The summed E-state index contributed by atoms with van der Waals surface area (Å²) in [6.07, 6.45) is 0.860. The number of rotatable bonds is 8. The van der Waals surface area contributed by atoms with E-state index >= 15 is 0 Å². The number of carboxylic acid groups (broad SMARTS) is 1. The van der Waals surface area contributed by atoms with Crippen molar-refractivity contribution in [2.75, 3.05) is 19.6 Å². The monoisotopic (exact) mass is 245 g/mol. The Labute approximate surface area is 102 Å². The minimum Gasteiger partial charge on any atom is -0.481 e. The molecule has 6 heteroatoms. The second kappa shape index (κ2) is 8.81. The second-order valence-electron chi connectivity index (χ2n) is 4.52. The van der Waals surface area contributed by atoms with E-state index in [4.69, 9.17) is 10.8 Å². The molecule has 0 aliphatic heterocycles. The van der Waals surface area contributed by atoms with Crippen LogP contribution >= 0.6 is 0 Å². The molecule has 0 aliphatic carbocycles. The van der Waals surface area contributed by atoms with Gasteiger partial charge in [-0.15, -0.1) is 0 Å². The van der Waals surface area contributed by atoms with Crippen LogP contribution in [0.2, 0.25) is 0 Å². The molecule has 0 aliphatic rings. The molecule has 1 unspecified atom stereocenters. The highest BCUT2D eigenvalue weighted by Gasteiger charge is 2.15. The van der Waals surface area contributed by atoms with E-state index in [1.807, 2.05) is 13.8 Å². The number of nitrogens with one attached hydrogen (secondary N) is 2. The summed E-state index contributed by atoms with van der Waals surface area (Å²) in [7, 11) is 0. The van der Waals surface area contributed by atoms with Gasteiger partial charge in [-0.2, -0.15) is 0 Å². The second-order valence-corrected chi connectivity index (χ2v) is 4.52. The van der Waals surface area contributed by atoms with Crippen LogP contribution in [0, 0.1) is 11.8 Å². The van der Waals surface area contributed by atoms with Crippen LogP contribution in [0.3, 0.4) is 0 Å². The predicted molar refractivity (Wildman–Crippen MR) is 65.7 cm³/mol. The molecule has 0 radical (unpaired) electrons. The van der Waals surface area contributed by atoms with Crippen molar-refractivity contribution >= 4 is 12.0 Å². The third-order valence-electron chi connectivity index (χ3n) is 2.25. The zero-order chi connectivity index (χ0) is 13.3. The third kappa shape index (κ3) is 9.62. The molecule has 0 rings (SSSR count). The van der Waals surface area contributed by atoms with Gasteiger partial charge < -0.3 is 21.5 Å². The fourth-order valence-electron chi connectivity index (χ4n) is 1.64. The first kappa shape index (κ1) is 15.7. The van der Waals surface area contributed by atoms with Crippen molar-refractivity contribution < 1.29 is 14.7 Å². The molecule has 6 nitrogen and oxygen atoms in total. The highest BCUT2D eigenvalue weighted by atomic mass is 16.4. The topological polar surface area (TPSA) is 104 Å². The Kier molecular flexibility index (Phi) is 8.13. The molecule has 100 valence electrons. The Morgan fingerprint density at radius 1 is 1.29 bits per heavy atom. The first-order valence-electron chi connectivity index (χ1n) is 5.89. The van der Waals surface area contributed by atoms with Crippen molar-refractivity contribution in [1.29, 1.82) is 0 Å². The van der Waals surface area contributed by atoms with Crippen molar-refractivity contribution in [2.45, 2.75) is 26.7 Å². The largest absolute Gasteiger partial charge is 0.481 e. The van der Waals surface area contributed by atoms with Gasteiger partial charge >= 0.3 is 12.0 Å². The summed E-state index contributed by atoms with van der Waals surface area (Å²) < 4.78 is 0. The number of urea groups is 1. The van der Waals surface area contributed by atoms with Crippen LogP contribution in [0.1, 0.15) is 26.7 Å². The highest BCUT2D eigenvalue weighted by Crippen LogP contribution is 2.14. The van der Waals surface area contributed by atoms with Gasteiger partial charge in [-0.1, -0.05) is 13.8 Å². The predicted octanol–water partition coefficient (Wildman–Crippen LogP) is 0.381. The first-order valence-corrected chi connectivity index (χ1v) is 5.89. The lowest BCUT2D eigenvalue weighted by atomic mass is 9.94. The molecule has 0 aromatic carbocycles. The van der Waals surface area contributed by atoms with Crippen LogP contribution < -0.4 is 16.4 Å². The van der Waals surface area contributed by atoms with Crippen molar-refractivity contribution in [3.63, 3.8) is 0 Å². The molecule has 0 heterocycles. The first-order chi connectivity index (χ1) is 7.95. The van der Waals surface area contributed by atoms with E-state index in [1.54, 1.807) is 0 Å². The van der Waals surface area contributed by atoms with Gasteiger partial charge in [-0.05, 0) is 18.3 Å². The molecule has 0 aromatic rings. The van der Waals surface area contributed by atoms with Crippen molar-refractivity contribution in [3.8, 4) is 0 Å². The highest BCUT2D eigenvalue weighted by molar-refractivity contribution is 5.74. The summed E-state index contributed by atoms with van der Waals surface area (Å²) in [6.45, 7) is 5.24. The van der Waals surface area contributed by atoms with E-state index in [2.05, 4.69) is 10.6 Å². The quantitative estimate of drug-likeness (QED) is 0.496. The molecule has 0 saturated heterocycles. The molecule has 17 heavy (non-hydrogen) atoms. The lowest BCUT2D eigenvalue weighted by Gasteiger charge is -2.17. The molecular weight excluding hydrogens is 222 g/mol. The molecule has 0 fully saturated rings. The minimum atomic E-state index is -0.834. The van der Waals surface area contributed by atoms with E-state index in [9.17, 15) is 9.59 Å². The van der Waals surface area contributed by atoms with Crippen molar-refractivity contribution in [1.82, 2.24) is 10.6 Å². The van der Waals surface area contributed by atoms with Gasteiger partial charge in [-0.25, -0.2) is 4.79 Å². The molecular formula is C11H23N3O3. The number of amides is 2. The summed E-state index contributed by atoms with van der Waals surface area (Å²) in [4.78, 5) is 21.9. The maximum Gasteiger partial charge on any atom is 0.314 e. The molecule has 5 N–H and O–H groups in total. The lowest BCUT2D eigenvalue weighted by Crippen LogP contribution is -2.40. The number of carbonyl (C=O) groups is 2. The Balaban J connectivity index is 3.97. The normalized spacial score (nSPS) is 12.2. The number of hydrogen-bond acceptors (Lipinski definition) is 3. The molecule has 2 amide bonds. The fraction of sp³-hybridized carbons (Fsp3) is 0.818. The van der Waals surface area contributed by atoms with E-state index in [1.165, 1.54) is 0 Å². The summed E-state index contributed by atoms with van der Waals surface area (Å²) in [6, 6.07) is -0.297. The van der Waals surface area contributed by atoms with Crippen LogP contribution in [0.15, 0.2) is 0 Å².